The van der Waals surface area contributed by atoms with Gasteiger partial charge in [-0.25, -0.2) is 0 Å². The molecule has 1 aromatic heterocycles. The lowest BCUT2D eigenvalue weighted by atomic mass is 10.1. The first-order chi connectivity index (χ1) is 8.41. The van der Waals surface area contributed by atoms with E-state index in [2.05, 4.69) is 19.0 Å². The highest BCUT2D eigenvalue weighted by Crippen LogP contribution is 2.31. The van der Waals surface area contributed by atoms with E-state index in [4.69, 9.17) is 16.1 Å². The van der Waals surface area contributed by atoms with Crippen molar-refractivity contribution in [2.24, 2.45) is 5.92 Å². The van der Waals surface area contributed by atoms with E-state index in [1.165, 1.54) is 0 Å². The molecule has 18 heavy (non-hydrogen) atoms. The molecule has 98 valence electrons. The third-order valence-electron chi connectivity index (χ3n) is 2.79. The van der Waals surface area contributed by atoms with E-state index >= 15 is 0 Å². The second-order valence-corrected chi connectivity index (χ2v) is 5.17. The van der Waals surface area contributed by atoms with Crippen LogP contribution in [0.1, 0.15) is 26.5 Å². The first-order valence-electron chi connectivity index (χ1n) is 5.75. The number of carbonyl (C=O) groups excluding carboxylic acids is 1. The highest BCUT2D eigenvalue weighted by molar-refractivity contribution is 6.45. The van der Waals surface area contributed by atoms with Crippen LogP contribution in [0.3, 0.4) is 0 Å². The third kappa shape index (κ3) is 2.15. The van der Waals surface area contributed by atoms with Crippen LogP contribution in [0.5, 0.6) is 0 Å². The monoisotopic (exact) mass is 270 g/mol. The van der Waals surface area contributed by atoms with Gasteiger partial charge in [-0.2, -0.15) is 0 Å². The minimum atomic E-state index is -1.07. The molecule has 0 saturated heterocycles. The first kappa shape index (κ1) is 13.1. The lowest BCUT2D eigenvalue weighted by Gasteiger charge is -2.17. The molecule has 1 aliphatic heterocycles. The molecule has 0 aliphatic carbocycles. The number of aliphatic hydroxyl groups is 1. The van der Waals surface area contributed by atoms with Crippen molar-refractivity contribution >= 4 is 23.3 Å². The average molecular weight is 271 g/mol. The van der Waals surface area contributed by atoms with Gasteiger partial charge in [-0.15, -0.1) is 0 Å². The molecule has 6 heteroatoms. The van der Waals surface area contributed by atoms with E-state index in [-0.39, 0.29) is 10.9 Å². The Morgan fingerprint density at radius 2 is 2.28 bits per heavy atom. The summed E-state index contributed by atoms with van der Waals surface area (Å²) in [6, 6.07) is 1.66. The number of rotatable bonds is 3. The molecule has 1 amide bonds. The Kier molecular flexibility index (Phi) is 3.45. The molecule has 0 bridgehead atoms. The number of carbonyl (C=O) groups is 1. The van der Waals surface area contributed by atoms with Crippen molar-refractivity contribution in [1.82, 2.24) is 5.16 Å². The van der Waals surface area contributed by atoms with Crippen LogP contribution in [-0.2, 0) is 11.2 Å². The van der Waals surface area contributed by atoms with Gasteiger partial charge >= 0.3 is 0 Å². The molecular weight excluding hydrogens is 256 g/mol. The summed E-state index contributed by atoms with van der Waals surface area (Å²) in [6.45, 7) is 5.72. The standard InChI is InChI=1S/C12H15ClN2O3/c1-6(2)4-8-5-9(14-18-8)15-11(16)7(3)10(13)12(15)17/h5-6,11,16H,4H2,1-3H3. The lowest BCUT2D eigenvalue weighted by Crippen LogP contribution is -2.35. The van der Waals surface area contributed by atoms with Crippen molar-refractivity contribution in [3.8, 4) is 0 Å². The first-order valence-corrected chi connectivity index (χ1v) is 6.13. The number of halogens is 1. The molecule has 5 nitrogen and oxygen atoms in total. The summed E-state index contributed by atoms with van der Waals surface area (Å²) in [6.07, 6.45) is -0.340. The van der Waals surface area contributed by atoms with E-state index in [0.717, 1.165) is 11.3 Å². The minimum Gasteiger partial charge on any atom is -0.369 e. The zero-order valence-corrected chi connectivity index (χ0v) is 11.2. The number of hydrogen-bond acceptors (Lipinski definition) is 4. The average Bonchev–Trinajstić information content (AvgIpc) is 2.80. The maximum atomic E-state index is 11.9. The number of aromatic nitrogens is 1. The maximum absolute atomic E-state index is 11.9. The van der Waals surface area contributed by atoms with Gasteiger partial charge in [0, 0.05) is 18.1 Å². The number of nitrogens with zero attached hydrogens (tertiary/aromatic N) is 2. The molecule has 0 radical (unpaired) electrons. The van der Waals surface area contributed by atoms with Crippen LogP contribution in [0.4, 0.5) is 5.82 Å². The van der Waals surface area contributed by atoms with Gasteiger partial charge in [-0.05, 0) is 12.8 Å². The minimum absolute atomic E-state index is 0.0379. The van der Waals surface area contributed by atoms with Crippen molar-refractivity contribution in [3.05, 3.63) is 22.4 Å². The maximum Gasteiger partial charge on any atom is 0.273 e. The van der Waals surface area contributed by atoms with Gasteiger partial charge in [-0.3, -0.25) is 9.69 Å². The second-order valence-electron chi connectivity index (χ2n) is 4.80. The number of anilines is 1. The number of amides is 1. The van der Waals surface area contributed by atoms with Crippen LogP contribution in [-0.4, -0.2) is 22.4 Å². The molecule has 1 aromatic rings. The van der Waals surface area contributed by atoms with Crippen molar-refractivity contribution < 1.29 is 14.4 Å². The predicted octanol–water partition coefficient (Wildman–Crippen LogP) is 2.05. The zero-order chi connectivity index (χ0) is 13.4. The van der Waals surface area contributed by atoms with E-state index in [9.17, 15) is 9.90 Å². The summed E-state index contributed by atoms with van der Waals surface area (Å²) in [5.74, 6) is 0.943. The Labute approximate surface area is 110 Å². The fourth-order valence-electron chi connectivity index (χ4n) is 1.84. The Morgan fingerprint density at radius 3 is 2.78 bits per heavy atom. The van der Waals surface area contributed by atoms with E-state index in [1.54, 1.807) is 13.0 Å². The Morgan fingerprint density at radius 1 is 1.61 bits per heavy atom. The Balaban J connectivity index is 2.23. The molecule has 1 atom stereocenters. The van der Waals surface area contributed by atoms with Crippen LogP contribution >= 0.6 is 11.6 Å². The largest absolute Gasteiger partial charge is 0.369 e. The summed E-state index contributed by atoms with van der Waals surface area (Å²) >= 11 is 5.81. The zero-order valence-electron chi connectivity index (χ0n) is 10.5. The number of aliphatic hydroxyl groups excluding tert-OH is 1. The fraction of sp³-hybridized carbons (Fsp3) is 0.500. The van der Waals surface area contributed by atoms with E-state index < -0.39 is 12.1 Å². The van der Waals surface area contributed by atoms with Gasteiger partial charge in [-0.1, -0.05) is 30.6 Å². The van der Waals surface area contributed by atoms with Crippen LogP contribution in [0.25, 0.3) is 0 Å². The smallest absolute Gasteiger partial charge is 0.273 e. The molecule has 0 spiro atoms. The molecule has 1 aliphatic rings. The fourth-order valence-corrected chi connectivity index (χ4v) is 2.02. The quantitative estimate of drug-likeness (QED) is 0.913. The van der Waals surface area contributed by atoms with E-state index in [0.29, 0.717) is 17.3 Å². The third-order valence-corrected chi connectivity index (χ3v) is 3.25. The van der Waals surface area contributed by atoms with Crippen molar-refractivity contribution in [2.75, 3.05) is 4.90 Å². The van der Waals surface area contributed by atoms with E-state index in [1.807, 2.05) is 0 Å². The molecule has 2 rings (SSSR count). The molecule has 1 N–H and O–H groups in total. The summed E-state index contributed by atoms with van der Waals surface area (Å²) in [7, 11) is 0. The Hall–Kier alpha value is -1.33. The van der Waals surface area contributed by atoms with Crippen molar-refractivity contribution in [3.63, 3.8) is 0 Å². The highest BCUT2D eigenvalue weighted by Gasteiger charge is 2.37. The normalized spacial score (nSPS) is 20.4. The van der Waals surface area contributed by atoms with Crippen molar-refractivity contribution in [1.29, 1.82) is 0 Å². The molecule has 0 fully saturated rings. The SMILES string of the molecule is CC1=C(Cl)C(=O)N(c2cc(CC(C)C)on2)C1O. The summed E-state index contributed by atoms with van der Waals surface area (Å²) in [5, 5.41) is 13.8. The van der Waals surface area contributed by atoms with Crippen LogP contribution in [0.15, 0.2) is 21.2 Å². The van der Waals surface area contributed by atoms with Gasteiger partial charge in [0.1, 0.15) is 10.8 Å². The summed E-state index contributed by atoms with van der Waals surface area (Å²) in [4.78, 5) is 13.0. The second kappa shape index (κ2) is 4.74. The summed E-state index contributed by atoms with van der Waals surface area (Å²) in [5.41, 5.74) is 0.426. The van der Waals surface area contributed by atoms with Gasteiger partial charge in [0.15, 0.2) is 12.0 Å². The van der Waals surface area contributed by atoms with Crippen LogP contribution in [0.2, 0.25) is 0 Å². The molecule has 1 unspecified atom stereocenters. The van der Waals surface area contributed by atoms with Crippen LogP contribution in [0, 0.1) is 5.92 Å². The van der Waals surface area contributed by atoms with Gasteiger partial charge in [0.05, 0.1) is 0 Å². The Bertz CT molecular complexity index is 507. The van der Waals surface area contributed by atoms with Gasteiger partial charge in [0.25, 0.3) is 5.91 Å². The molecule has 0 saturated carbocycles. The lowest BCUT2D eigenvalue weighted by molar-refractivity contribution is -0.115. The topological polar surface area (TPSA) is 66.6 Å². The summed E-state index contributed by atoms with van der Waals surface area (Å²) < 4.78 is 5.14. The molecule has 0 aromatic carbocycles. The highest BCUT2D eigenvalue weighted by atomic mass is 35.5. The van der Waals surface area contributed by atoms with Gasteiger partial charge < -0.3 is 9.63 Å². The van der Waals surface area contributed by atoms with Crippen LogP contribution < -0.4 is 4.90 Å². The number of hydrogen-bond donors (Lipinski definition) is 1. The van der Waals surface area contributed by atoms with Crippen molar-refractivity contribution in [2.45, 2.75) is 33.4 Å². The molecular formula is C12H15ClN2O3. The van der Waals surface area contributed by atoms with Gasteiger partial charge in [0.2, 0.25) is 0 Å². The molecule has 2 heterocycles. The predicted molar refractivity (Wildman–Crippen MR) is 67.1 cm³/mol.